The van der Waals surface area contributed by atoms with Crippen molar-refractivity contribution in [3.05, 3.63) is 59.4 Å². The number of carbonyl (C=O) groups is 3. The average Bonchev–Trinajstić information content (AvgIpc) is 2.99. The van der Waals surface area contributed by atoms with Crippen LogP contribution >= 0.6 is 0 Å². The van der Waals surface area contributed by atoms with E-state index in [1.165, 1.54) is 0 Å². The highest BCUT2D eigenvalue weighted by molar-refractivity contribution is 6.04. The van der Waals surface area contributed by atoms with Crippen molar-refractivity contribution < 1.29 is 19.1 Å². The van der Waals surface area contributed by atoms with E-state index in [4.69, 9.17) is 4.74 Å². The number of hydrogen-bond donors (Lipinski definition) is 1. The maximum Gasteiger partial charge on any atom is 0.338 e. The molecule has 1 aromatic carbocycles. The van der Waals surface area contributed by atoms with Gasteiger partial charge in [-0.25, -0.2) is 4.79 Å². The van der Waals surface area contributed by atoms with Crippen molar-refractivity contribution in [2.45, 2.75) is 13.3 Å². The largest absolute Gasteiger partial charge is 0.452 e. The Hall–Kier alpha value is -2.89. The van der Waals surface area contributed by atoms with E-state index in [2.05, 4.69) is 5.32 Å². The first-order valence-electron chi connectivity index (χ1n) is 7.23. The summed E-state index contributed by atoms with van der Waals surface area (Å²) in [6.07, 6.45) is 2.57. The zero-order valence-electron chi connectivity index (χ0n) is 13.0. The topological polar surface area (TPSA) is 77.4 Å². The zero-order chi connectivity index (χ0) is 16.8. The van der Waals surface area contributed by atoms with Gasteiger partial charge in [0.2, 0.25) is 0 Å². The molecule has 0 bridgehead atoms. The Morgan fingerprint density at radius 1 is 1.13 bits per heavy atom. The fraction of sp³-hybridized carbons (Fsp3) is 0.235. The van der Waals surface area contributed by atoms with Crippen LogP contribution in [-0.4, -0.2) is 29.0 Å². The lowest BCUT2D eigenvalue weighted by molar-refractivity contribution is -0.123. The van der Waals surface area contributed by atoms with Gasteiger partial charge in [-0.3, -0.25) is 14.9 Å². The SMILES string of the molecule is CCc1ccc(C(=O)OCC(=O)NC(=O)c2cccn2C)cc1. The number of imide groups is 1. The third-order valence-corrected chi connectivity index (χ3v) is 3.36. The highest BCUT2D eigenvalue weighted by atomic mass is 16.5. The van der Waals surface area contributed by atoms with Gasteiger partial charge in [0.25, 0.3) is 11.8 Å². The van der Waals surface area contributed by atoms with Crippen LogP contribution in [0.3, 0.4) is 0 Å². The second kappa shape index (κ2) is 7.40. The number of benzene rings is 1. The van der Waals surface area contributed by atoms with Crippen molar-refractivity contribution in [1.82, 2.24) is 9.88 Å². The lowest BCUT2D eigenvalue weighted by atomic mass is 10.1. The van der Waals surface area contributed by atoms with Crippen molar-refractivity contribution in [2.24, 2.45) is 7.05 Å². The number of hydrogen-bond acceptors (Lipinski definition) is 4. The van der Waals surface area contributed by atoms with Crippen molar-refractivity contribution in [1.29, 1.82) is 0 Å². The molecule has 6 heteroatoms. The van der Waals surface area contributed by atoms with Gasteiger partial charge >= 0.3 is 5.97 Å². The summed E-state index contributed by atoms with van der Waals surface area (Å²) in [5.41, 5.74) is 1.82. The predicted octanol–water partition coefficient (Wildman–Crippen LogP) is 1.70. The van der Waals surface area contributed by atoms with Crippen molar-refractivity contribution >= 4 is 17.8 Å². The van der Waals surface area contributed by atoms with Gasteiger partial charge in [0.1, 0.15) is 5.69 Å². The molecule has 6 nitrogen and oxygen atoms in total. The molecule has 23 heavy (non-hydrogen) atoms. The number of carbonyl (C=O) groups excluding carboxylic acids is 3. The Bertz CT molecular complexity index is 716. The Kier molecular flexibility index (Phi) is 5.30. The lowest BCUT2D eigenvalue weighted by Gasteiger charge is -2.07. The van der Waals surface area contributed by atoms with Gasteiger partial charge in [-0.05, 0) is 36.2 Å². The molecule has 0 aliphatic carbocycles. The number of ether oxygens (including phenoxy) is 1. The third kappa shape index (κ3) is 4.29. The summed E-state index contributed by atoms with van der Waals surface area (Å²) < 4.78 is 6.49. The maximum atomic E-state index is 11.8. The molecular formula is C17H18N2O4. The molecule has 0 aliphatic heterocycles. The minimum absolute atomic E-state index is 0.347. The highest BCUT2D eigenvalue weighted by Gasteiger charge is 2.15. The van der Waals surface area contributed by atoms with E-state index >= 15 is 0 Å². The summed E-state index contributed by atoms with van der Waals surface area (Å²) in [4.78, 5) is 35.3. The van der Waals surface area contributed by atoms with E-state index in [9.17, 15) is 14.4 Å². The normalized spacial score (nSPS) is 10.2. The first kappa shape index (κ1) is 16.5. The molecule has 0 spiro atoms. The van der Waals surface area contributed by atoms with Crippen LogP contribution in [0, 0.1) is 0 Å². The van der Waals surface area contributed by atoms with Crippen LogP contribution in [0.25, 0.3) is 0 Å². The molecule has 2 amide bonds. The first-order chi connectivity index (χ1) is 11.0. The number of esters is 1. The number of aryl methyl sites for hydroxylation is 2. The van der Waals surface area contributed by atoms with E-state index in [1.807, 2.05) is 19.1 Å². The Labute approximate surface area is 134 Å². The van der Waals surface area contributed by atoms with Crippen LogP contribution in [-0.2, 0) is 23.0 Å². The van der Waals surface area contributed by atoms with Crippen LogP contribution in [0.2, 0.25) is 0 Å². The minimum atomic E-state index is -0.672. The van der Waals surface area contributed by atoms with Gasteiger partial charge in [0.05, 0.1) is 5.56 Å². The average molecular weight is 314 g/mol. The highest BCUT2D eigenvalue weighted by Crippen LogP contribution is 2.06. The number of nitrogens with zero attached hydrogens (tertiary/aromatic N) is 1. The van der Waals surface area contributed by atoms with E-state index in [0.717, 1.165) is 12.0 Å². The van der Waals surface area contributed by atoms with Gasteiger partial charge in [-0.15, -0.1) is 0 Å². The standard InChI is InChI=1S/C17H18N2O4/c1-3-12-6-8-13(9-7-12)17(22)23-11-15(20)18-16(21)14-5-4-10-19(14)2/h4-10H,3,11H2,1-2H3,(H,18,20,21). The molecule has 0 unspecified atom stereocenters. The molecule has 0 radical (unpaired) electrons. The van der Waals surface area contributed by atoms with Crippen LogP contribution in [0.5, 0.6) is 0 Å². The number of nitrogens with one attached hydrogen (secondary N) is 1. The van der Waals surface area contributed by atoms with E-state index in [-0.39, 0.29) is 0 Å². The van der Waals surface area contributed by atoms with Gasteiger partial charge in [0, 0.05) is 13.2 Å². The zero-order valence-corrected chi connectivity index (χ0v) is 13.0. The van der Waals surface area contributed by atoms with E-state index in [1.54, 1.807) is 42.1 Å². The number of rotatable bonds is 5. The van der Waals surface area contributed by atoms with Gasteiger partial charge in [-0.2, -0.15) is 0 Å². The first-order valence-corrected chi connectivity index (χ1v) is 7.23. The summed E-state index contributed by atoms with van der Waals surface area (Å²) in [6.45, 7) is 1.51. The van der Waals surface area contributed by atoms with Crippen LogP contribution in [0.15, 0.2) is 42.6 Å². The molecule has 1 heterocycles. The summed E-state index contributed by atoms with van der Waals surface area (Å²) in [6, 6.07) is 10.2. The van der Waals surface area contributed by atoms with Crippen molar-refractivity contribution in [3.63, 3.8) is 0 Å². The van der Waals surface area contributed by atoms with Crippen molar-refractivity contribution in [3.8, 4) is 0 Å². The minimum Gasteiger partial charge on any atom is -0.452 e. The Morgan fingerprint density at radius 2 is 1.83 bits per heavy atom. The predicted molar refractivity (Wildman–Crippen MR) is 84.0 cm³/mol. The Balaban J connectivity index is 1.85. The third-order valence-electron chi connectivity index (χ3n) is 3.36. The maximum absolute atomic E-state index is 11.8. The fourth-order valence-corrected chi connectivity index (χ4v) is 2.01. The molecule has 1 aromatic heterocycles. The summed E-state index contributed by atoms with van der Waals surface area (Å²) in [5, 5.41) is 2.17. The van der Waals surface area contributed by atoms with Gasteiger partial charge in [0.15, 0.2) is 6.61 Å². The fourth-order valence-electron chi connectivity index (χ4n) is 2.01. The molecule has 2 rings (SSSR count). The van der Waals surface area contributed by atoms with Crippen molar-refractivity contribution in [2.75, 3.05) is 6.61 Å². The Morgan fingerprint density at radius 3 is 2.39 bits per heavy atom. The van der Waals surface area contributed by atoms with E-state index in [0.29, 0.717) is 11.3 Å². The monoisotopic (exact) mass is 314 g/mol. The number of aromatic nitrogens is 1. The van der Waals surface area contributed by atoms with Gasteiger partial charge in [-0.1, -0.05) is 19.1 Å². The molecule has 2 aromatic rings. The molecule has 0 atom stereocenters. The van der Waals surface area contributed by atoms with Gasteiger partial charge < -0.3 is 9.30 Å². The van der Waals surface area contributed by atoms with Crippen LogP contribution in [0.1, 0.15) is 33.3 Å². The summed E-state index contributed by atoms with van der Waals surface area (Å²) in [7, 11) is 1.69. The molecule has 120 valence electrons. The molecule has 0 aliphatic rings. The van der Waals surface area contributed by atoms with Crippen LogP contribution in [0.4, 0.5) is 0 Å². The van der Waals surface area contributed by atoms with Crippen LogP contribution < -0.4 is 5.32 Å². The lowest BCUT2D eigenvalue weighted by Crippen LogP contribution is -2.35. The molecule has 0 fully saturated rings. The summed E-state index contributed by atoms with van der Waals surface area (Å²) in [5.74, 6) is -1.81. The molecule has 0 saturated carbocycles. The summed E-state index contributed by atoms with van der Waals surface area (Å²) >= 11 is 0. The molecule has 1 N–H and O–H groups in total. The number of amides is 2. The second-order valence-electron chi connectivity index (χ2n) is 5.01. The molecular weight excluding hydrogens is 296 g/mol. The second-order valence-corrected chi connectivity index (χ2v) is 5.01. The molecule has 0 saturated heterocycles. The quantitative estimate of drug-likeness (QED) is 0.852. The smallest absolute Gasteiger partial charge is 0.338 e. The van der Waals surface area contributed by atoms with E-state index < -0.39 is 24.4 Å².